The molecule has 0 rings (SSSR count). The molecule has 0 bridgehead atoms. The van der Waals surface area contributed by atoms with Crippen LogP contribution in [0.4, 0.5) is 0 Å². The van der Waals surface area contributed by atoms with Gasteiger partial charge in [-0.3, -0.25) is 18.6 Å². The molecule has 0 radical (unpaired) electrons. The number of nitrogens with zero attached hydrogens (tertiary/aromatic N) is 1. The van der Waals surface area contributed by atoms with E-state index in [0.717, 1.165) is 57.8 Å². The minimum absolute atomic E-state index is 0.0295. The van der Waals surface area contributed by atoms with Gasteiger partial charge in [0.25, 0.3) is 0 Å². The summed E-state index contributed by atoms with van der Waals surface area (Å²) >= 11 is 0. The normalized spacial score (nSPS) is 13.8. The number of phosphoric acid groups is 1. The molecule has 1 N–H and O–H groups in total. The van der Waals surface area contributed by atoms with Gasteiger partial charge in [-0.25, -0.2) is 4.57 Å². The summed E-state index contributed by atoms with van der Waals surface area (Å²) in [5, 5.41) is 0. The van der Waals surface area contributed by atoms with Crippen molar-refractivity contribution in [3.63, 3.8) is 0 Å². The molecular weight excluding hydrogens is 774 g/mol. The molecule has 0 saturated carbocycles. The van der Waals surface area contributed by atoms with Crippen molar-refractivity contribution in [3.05, 3.63) is 36.5 Å². The molecule has 0 aliphatic heterocycles. The molecular formula is C50H95NO8P+. The highest BCUT2D eigenvalue weighted by Crippen LogP contribution is 2.43. The Bertz CT molecular complexity index is 1120. The van der Waals surface area contributed by atoms with Gasteiger partial charge in [-0.05, 0) is 70.6 Å². The predicted octanol–water partition coefficient (Wildman–Crippen LogP) is 14.5. The maximum absolute atomic E-state index is 12.7. The van der Waals surface area contributed by atoms with Crippen molar-refractivity contribution in [3.8, 4) is 0 Å². The van der Waals surface area contributed by atoms with E-state index in [9.17, 15) is 19.0 Å². The van der Waals surface area contributed by atoms with Crippen molar-refractivity contribution in [2.75, 3.05) is 47.5 Å². The second-order valence-corrected chi connectivity index (χ2v) is 19.3. The number of likely N-dealkylation sites (N-methyl/N-ethyl adjacent to an activating group) is 1. The Kier molecular flexibility index (Phi) is 41.3. The highest BCUT2D eigenvalue weighted by molar-refractivity contribution is 7.47. The van der Waals surface area contributed by atoms with Crippen LogP contribution in [-0.4, -0.2) is 74.9 Å². The van der Waals surface area contributed by atoms with Crippen LogP contribution in [0.15, 0.2) is 36.5 Å². The van der Waals surface area contributed by atoms with Gasteiger partial charge in [-0.15, -0.1) is 0 Å². The molecule has 352 valence electrons. The first kappa shape index (κ1) is 58.2. The molecule has 0 saturated heterocycles. The van der Waals surface area contributed by atoms with Crippen molar-refractivity contribution >= 4 is 19.8 Å². The molecule has 0 spiro atoms. The quantitative estimate of drug-likeness (QED) is 0.0212. The number of carbonyl (C=O) groups excluding carboxylic acids is 2. The number of hydrogen-bond donors (Lipinski definition) is 1. The van der Waals surface area contributed by atoms with Crippen LogP contribution in [0.3, 0.4) is 0 Å². The molecule has 0 fully saturated rings. The molecule has 0 heterocycles. The Morgan fingerprint density at radius 3 is 1.37 bits per heavy atom. The van der Waals surface area contributed by atoms with Crippen molar-refractivity contribution in [2.24, 2.45) is 0 Å². The number of hydrogen-bond acceptors (Lipinski definition) is 7. The molecule has 0 aromatic carbocycles. The fraction of sp³-hybridized carbons (Fsp3) is 0.840. The number of unbranched alkanes of at least 4 members (excludes halogenated alkanes) is 25. The van der Waals surface area contributed by atoms with Gasteiger partial charge >= 0.3 is 19.8 Å². The van der Waals surface area contributed by atoms with Crippen LogP contribution < -0.4 is 0 Å². The molecule has 60 heavy (non-hydrogen) atoms. The summed E-state index contributed by atoms with van der Waals surface area (Å²) < 4.78 is 34.4. The van der Waals surface area contributed by atoms with E-state index in [4.69, 9.17) is 18.5 Å². The minimum Gasteiger partial charge on any atom is -0.462 e. The van der Waals surface area contributed by atoms with Gasteiger partial charge in [-0.2, -0.15) is 0 Å². The fourth-order valence-corrected chi connectivity index (χ4v) is 7.49. The van der Waals surface area contributed by atoms with Gasteiger partial charge in [0.15, 0.2) is 6.10 Å². The van der Waals surface area contributed by atoms with Gasteiger partial charge < -0.3 is 18.9 Å². The molecule has 10 heteroatoms. The zero-order valence-electron chi connectivity index (χ0n) is 39.7. The van der Waals surface area contributed by atoms with Crippen LogP contribution >= 0.6 is 7.82 Å². The Balaban J connectivity index is 4.27. The maximum atomic E-state index is 12.7. The van der Waals surface area contributed by atoms with Crippen LogP contribution in [0.2, 0.25) is 0 Å². The third-order valence-corrected chi connectivity index (χ3v) is 11.6. The van der Waals surface area contributed by atoms with E-state index in [1.807, 2.05) is 21.1 Å². The first-order valence-electron chi connectivity index (χ1n) is 24.7. The summed E-state index contributed by atoms with van der Waals surface area (Å²) in [6.07, 6.45) is 49.0. The van der Waals surface area contributed by atoms with Gasteiger partial charge in [0, 0.05) is 12.8 Å². The van der Waals surface area contributed by atoms with E-state index in [2.05, 4.69) is 50.3 Å². The Morgan fingerprint density at radius 1 is 0.517 bits per heavy atom. The molecule has 0 aliphatic carbocycles. The SMILES string of the molecule is CCCCC/C=C\C/C=C\CCCCCCCC(=O)OC[C@H](COP(=O)(O)OCC[N+](C)(C)C)OC(=O)CCCCCCCCCCCCC/C=C\CCCCCCCC. The van der Waals surface area contributed by atoms with Crippen molar-refractivity contribution in [1.29, 1.82) is 0 Å². The number of phosphoric ester groups is 1. The lowest BCUT2D eigenvalue weighted by atomic mass is 10.0. The van der Waals surface area contributed by atoms with Gasteiger partial charge in [0.1, 0.15) is 19.8 Å². The maximum Gasteiger partial charge on any atom is 0.472 e. The zero-order valence-corrected chi connectivity index (χ0v) is 40.6. The Hall–Kier alpha value is -1.77. The topological polar surface area (TPSA) is 108 Å². The number of quaternary nitrogens is 1. The highest BCUT2D eigenvalue weighted by Gasteiger charge is 2.27. The lowest BCUT2D eigenvalue weighted by Crippen LogP contribution is -2.37. The third-order valence-electron chi connectivity index (χ3n) is 10.6. The highest BCUT2D eigenvalue weighted by atomic mass is 31.2. The average Bonchev–Trinajstić information content (AvgIpc) is 3.20. The molecule has 0 aromatic heterocycles. The van der Waals surface area contributed by atoms with Crippen LogP contribution in [0.1, 0.15) is 219 Å². The lowest BCUT2D eigenvalue weighted by molar-refractivity contribution is -0.870. The summed E-state index contributed by atoms with van der Waals surface area (Å²) in [5.41, 5.74) is 0. The molecule has 0 aromatic rings. The molecule has 2 atom stereocenters. The van der Waals surface area contributed by atoms with E-state index >= 15 is 0 Å². The van der Waals surface area contributed by atoms with Crippen molar-refractivity contribution < 1.29 is 42.1 Å². The number of rotatable bonds is 45. The smallest absolute Gasteiger partial charge is 0.462 e. The minimum atomic E-state index is -4.38. The summed E-state index contributed by atoms with van der Waals surface area (Å²) in [5.74, 6) is -0.810. The first-order chi connectivity index (χ1) is 29.0. The average molecular weight is 869 g/mol. The summed E-state index contributed by atoms with van der Waals surface area (Å²) in [4.78, 5) is 35.5. The predicted molar refractivity (Wildman–Crippen MR) is 252 cm³/mol. The van der Waals surface area contributed by atoms with E-state index in [1.54, 1.807) is 0 Å². The van der Waals surface area contributed by atoms with Gasteiger partial charge in [0.05, 0.1) is 27.7 Å². The molecule has 0 amide bonds. The van der Waals surface area contributed by atoms with Gasteiger partial charge in [0.2, 0.25) is 0 Å². The van der Waals surface area contributed by atoms with Crippen LogP contribution in [0, 0.1) is 0 Å². The third kappa shape index (κ3) is 45.7. The number of esters is 2. The standard InChI is InChI=1S/C50H94NO8P/c1-6-8-10-12-14-16-18-20-22-23-24-25-26-27-29-31-33-35-37-39-41-43-50(53)59-48(47-58-60(54,55)57-45-44-51(3,4)5)46-56-49(52)42-40-38-36-34-32-30-28-21-19-17-15-13-11-9-7-2/h15,17,20-22,28,48H,6-14,16,18-19,23-27,29-47H2,1-5H3/p+1/b17-15-,22-20-,28-21-/t48-/m1/s1. The van der Waals surface area contributed by atoms with Gasteiger partial charge in [-0.1, -0.05) is 172 Å². The number of allylic oxidation sites excluding steroid dienone is 6. The largest absolute Gasteiger partial charge is 0.472 e. The molecule has 0 aliphatic rings. The zero-order chi connectivity index (χ0) is 44.3. The second-order valence-electron chi connectivity index (χ2n) is 17.8. The van der Waals surface area contributed by atoms with Crippen LogP contribution in [-0.2, 0) is 32.7 Å². The van der Waals surface area contributed by atoms with Crippen molar-refractivity contribution in [1.82, 2.24) is 0 Å². The van der Waals surface area contributed by atoms with Crippen molar-refractivity contribution in [2.45, 2.75) is 225 Å². The first-order valence-corrected chi connectivity index (χ1v) is 26.2. The van der Waals surface area contributed by atoms with E-state index < -0.39 is 26.5 Å². The molecule has 9 nitrogen and oxygen atoms in total. The number of carbonyl (C=O) groups is 2. The lowest BCUT2D eigenvalue weighted by Gasteiger charge is -2.24. The Labute approximate surface area is 370 Å². The van der Waals surface area contributed by atoms with E-state index in [1.165, 1.54) is 128 Å². The van der Waals surface area contributed by atoms with Crippen LogP contribution in [0.25, 0.3) is 0 Å². The van der Waals surface area contributed by atoms with E-state index in [-0.39, 0.29) is 32.0 Å². The number of ether oxygens (including phenoxy) is 2. The monoisotopic (exact) mass is 869 g/mol. The summed E-state index contributed by atoms with van der Waals surface area (Å²) in [6, 6.07) is 0. The second kappa shape index (κ2) is 42.5. The molecule has 1 unspecified atom stereocenters. The Morgan fingerprint density at radius 2 is 0.900 bits per heavy atom. The fourth-order valence-electron chi connectivity index (χ4n) is 6.75. The van der Waals surface area contributed by atoms with E-state index in [0.29, 0.717) is 17.4 Å². The van der Waals surface area contributed by atoms with Crippen LogP contribution in [0.5, 0.6) is 0 Å². The summed E-state index contributed by atoms with van der Waals surface area (Å²) in [7, 11) is 1.47. The summed E-state index contributed by atoms with van der Waals surface area (Å²) in [6.45, 7) is 4.40.